The normalized spacial score (nSPS) is 17.0. The summed E-state index contributed by atoms with van der Waals surface area (Å²) in [6.07, 6.45) is 6.88. The van der Waals surface area contributed by atoms with E-state index in [0.717, 1.165) is 50.2 Å². The maximum Gasteiger partial charge on any atom is 0.255 e. The Morgan fingerprint density at radius 1 is 1.02 bits per heavy atom. The van der Waals surface area contributed by atoms with E-state index in [1.807, 2.05) is 24.7 Å². The van der Waals surface area contributed by atoms with Crippen LogP contribution in [0.5, 0.6) is 5.75 Å². The average molecular weight is 550 g/mol. The molecule has 3 N–H and O–H groups in total. The molecule has 7 nitrogen and oxygen atoms in total. The summed E-state index contributed by atoms with van der Waals surface area (Å²) in [5.74, 6) is 1.19. The van der Waals surface area contributed by atoms with Crippen molar-refractivity contribution in [2.75, 3.05) is 26.2 Å². The summed E-state index contributed by atoms with van der Waals surface area (Å²) in [5.41, 5.74) is 7.81. The van der Waals surface area contributed by atoms with Crippen LogP contribution in [0.1, 0.15) is 58.0 Å². The molecule has 0 spiro atoms. The second kappa shape index (κ2) is 12.7. The molecular formula is C34H39N5O2. The molecule has 1 fully saturated rings. The molecule has 2 aliphatic heterocycles. The number of rotatable bonds is 9. The van der Waals surface area contributed by atoms with Crippen molar-refractivity contribution >= 4 is 5.91 Å². The lowest BCUT2D eigenvalue weighted by Gasteiger charge is -2.28. The third kappa shape index (κ3) is 6.37. The van der Waals surface area contributed by atoms with Crippen LogP contribution in [0.2, 0.25) is 0 Å². The highest BCUT2D eigenvalue weighted by Gasteiger charge is 2.26. The highest BCUT2D eigenvalue weighted by atomic mass is 16.5. The number of para-hydroxylation sites is 1. The first kappa shape index (κ1) is 27.2. The van der Waals surface area contributed by atoms with E-state index < -0.39 is 0 Å². The molecule has 3 heterocycles. The Labute approximate surface area is 242 Å². The van der Waals surface area contributed by atoms with Gasteiger partial charge in [-0.3, -0.25) is 4.79 Å². The molecule has 6 rings (SSSR count). The standard InChI is InChI=1S/C34H39N5O2/c1-24-5-2-3-6-29(24)27-11-9-26(10-12-27)22-39-23-36-20-28(39)21-37-32-15-18-41-33-30(32)7-4-8-31(33)34(40)38-19-25-13-16-35-17-14-25/h2-12,20,23,25,32,35,37H,13-19,21-22H2,1H3,(H,38,40). The number of amides is 1. The van der Waals surface area contributed by atoms with E-state index in [0.29, 0.717) is 36.9 Å². The van der Waals surface area contributed by atoms with Crippen LogP contribution < -0.4 is 20.7 Å². The quantitative estimate of drug-likeness (QED) is 0.266. The molecule has 0 bridgehead atoms. The first-order valence-electron chi connectivity index (χ1n) is 14.8. The number of carbonyl (C=O) groups excluding carboxylic acids is 1. The average Bonchev–Trinajstić information content (AvgIpc) is 3.46. The molecule has 3 aromatic carbocycles. The van der Waals surface area contributed by atoms with Gasteiger partial charge in [-0.05, 0) is 67.1 Å². The molecule has 4 aromatic rings. The van der Waals surface area contributed by atoms with Gasteiger partial charge < -0.3 is 25.3 Å². The predicted molar refractivity (Wildman–Crippen MR) is 162 cm³/mol. The predicted octanol–water partition coefficient (Wildman–Crippen LogP) is 5.25. The second-order valence-corrected chi connectivity index (χ2v) is 11.2. The second-order valence-electron chi connectivity index (χ2n) is 11.2. The van der Waals surface area contributed by atoms with Crippen molar-refractivity contribution in [1.29, 1.82) is 0 Å². The molecule has 0 radical (unpaired) electrons. The molecule has 1 amide bonds. The van der Waals surface area contributed by atoms with Crippen LogP contribution in [0.25, 0.3) is 11.1 Å². The van der Waals surface area contributed by atoms with E-state index in [4.69, 9.17) is 4.74 Å². The molecule has 1 unspecified atom stereocenters. The minimum Gasteiger partial charge on any atom is -0.492 e. The van der Waals surface area contributed by atoms with Crippen LogP contribution in [-0.2, 0) is 13.1 Å². The number of hydrogen-bond acceptors (Lipinski definition) is 5. The Bertz CT molecular complexity index is 1470. The largest absolute Gasteiger partial charge is 0.492 e. The van der Waals surface area contributed by atoms with Gasteiger partial charge in [0, 0.05) is 43.9 Å². The van der Waals surface area contributed by atoms with Crippen LogP contribution >= 0.6 is 0 Å². The minimum absolute atomic E-state index is 0.0486. The topological polar surface area (TPSA) is 80.2 Å². The third-order valence-electron chi connectivity index (χ3n) is 8.42. The summed E-state index contributed by atoms with van der Waals surface area (Å²) in [6.45, 7) is 6.93. The highest BCUT2D eigenvalue weighted by molar-refractivity contribution is 5.97. The van der Waals surface area contributed by atoms with Gasteiger partial charge in [0.1, 0.15) is 5.75 Å². The van der Waals surface area contributed by atoms with Crippen molar-refractivity contribution in [2.45, 2.75) is 45.3 Å². The van der Waals surface area contributed by atoms with Crippen LogP contribution in [-0.4, -0.2) is 41.7 Å². The first-order chi connectivity index (χ1) is 20.2. The van der Waals surface area contributed by atoms with Gasteiger partial charge in [0.2, 0.25) is 0 Å². The maximum atomic E-state index is 13.1. The van der Waals surface area contributed by atoms with Crippen molar-refractivity contribution < 1.29 is 9.53 Å². The molecule has 1 aromatic heterocycles. The van der Waals surface area contributed by atoms with E-state index >= 15 is 0 Å². The summed E-state index contributed by atoms with van der Waals surface area (Å²) in [7, 11) is 0. The summed E-state index contributed by atoms with van der Waals surface area (Å²) in [4.78, 5) is 17.5. The van der Waals surface area contributed by atoms with Crippen molar-refractivity contribution in [2.24, 2.45) is 5.92 Å². The van der Waals surface area contributed by atoms with Gasteiger partial charge in [-0.2, -0.15) is 0 Å². The van der Waals surface area contributed by atoms with E-state index in [-0.39, 0.29) is 11.9 Å². The van der Waals surface area contributed by atoms with Gasteiger partial charge in [-0.1, -0.05) is 60.7 Å². The summed E-state index contributed by atoms with van der Waals surface area (Å²) in [5, 5.41) is 10.3. The van der Waals surface area contributed by atoms with Gasteiger partial charge in [0.15, 0.2) is 0 Å². The number of carbonyl (C=O) groups is 1. The van der Waals surface area contributed by atoms with Crippen LogP contribution in [0.15, 0.2) is 79.3 Å². The monoisotopic (exact) mass is 549 g/mol. The zero-order chi connectivity index (χ0) is 28.0. The number of nitrogens with one attached hydrogen (secondary N) is 3. The smallest absolute Gasteiger partial charge is 0.255 e. The van der Waals surface area contributed by atoms with Gasteiger partial charge >= 0.3 is 0 Å². The fraction of sp³-hybridized carbons (Fsp3) is 0.353. The van der Waals surface area contributed by atoms with Gasteiger partial charge in [-0.25, -0.2) is 4.98 Å². The van der Waals surface area contributed by atoms with Crippen molar-refractivity contribution in [3.8, 4) is 16.9 Å². The molecule has 41 heavy (non-hydrogen) atoms. The van der Waals surface area contributed by atoms with E-state index in [1.165, 1.54) is 22.3 Å². The third-order valence-corrected chi connectivity index (χ3v) is 8.42. The van der Waals surface area contributed by atoms with Gasteiger partial charge in [0.25, 0.3) is 5.91 Å². The van der Waals surface area contributed by atoms with Gasteiger partial charge in [-0.15, -0.1) is 0 Å². The first-order valence-corrected chi connectivity index (χ1v) is 14.8. The number of ether oxygens (including phenoxy) is 1. The number of aryl methyl sites for hydroxylation is 1. The lowest BCUT2D eigenvalue weighted by atomic mass is 9.96. The molecule has 7 heteroatoms. The summed E-state index contributed by atoms with van der Waals surface area (Å²) >= 11 is 0. The number of fused-ring (bicyclic) bond motifs is 1. The number of hydrogen-bond donors (Lipinski definition) is 3. The number of nitrogens with zero attached hydrogens (tertiary/aromatic N) is 2. The van der Waals surface area contributed by atoms with Crippen LogP contribution in [0, 0.1) is 12.8 Å². The Morgan fingerprint density at radius 3 is 2.68 bits per heavy atom. The lowest BCUT2D eigenvalue weighted by molar-refractivity contribution is 0.0938. The highest BCUT2D eigenvalue weighted by Crippen LogP contribution is 2.35. The summed E-state index contributed by atoms with van der Waals surface area (Å²) in [6, 6.07) is 23.3. The van der Waals surface area contributed by atoms with Crippen LogP contribution in [0.4, 0.5) is 0 Å². The minimum atomic E-state index is -0.0486. The van der Waals surface area contributed by atoms with Crippen LogP contribution in [0.3, 0.4) is 0 Å². The van der Waals surface area contributed by atoms with E-state index in [9.17, 15) is 4.79 Å². The Balaban J connectivity index is 1.09. The molecule has 2 aliphatic rings. The zero-order valence-corrected chi connectivity index (χ0v) is 23.7. The molecule has 1 atom stereocenters. The molecule has 1 saturated heterocycles. The van der Waals surface area contributed by atoms with E-state index in [1.54, 1.807) is 0 Å². The van der Waals surface area contributed by atoms with E-state index in [2.05, 4.69) is 87.0 Å². The Kier molecular flexibility index (Phi) is 8.44. The zero-order valence-electron chi connectivity index (χ0n) is 23.7. The molecular weight excluding hydrogens is 510 g/mol. The number of piperidine rings is 1. The fourth-order valence-electron chi connectivity index (χ4n) is 5.98. The maximum absolute atomic E-state index is 13.1. The molecule has 0 aliphatic carbocycles. The number of imidazole rings is 1. The number of benzene rings is 3. The fourth-order valence-corrected chi connectivity index (χ4v) is 5.98. The Morgan fingerprint density at radius 2 is 1.85 bits per heavy atom. The van der Waals surface area contributed by atoms with Crippen molar-refractivity contribution in [1.82, 2.24) is 25.5 Å². The molecule has 0 saturated carbocycles. The van der Waals surface area contributed by atoms with Gasteiger partial charge in [0.05, 0.1) is 24.2 Å². The van der Waals surface area contributed by atoms with Crippen molar-refractivity contribution in [3.05, 3.63) is 107 Å². The molecule has 212 valence electrons. The Hall–Kier alpha value is -3.94. The lowest BCUT2D eigenvalue weighted by Crippen LogP contribution is -2.36. The summed E-state index contributed by atoms with van der Waals surface area (Å²) < 4.78 is 8.25. The number of aromatic nitrogens is 2. The SMILES string of the molecule is Cc1ccccc1-c1ccc(Cn2cncc2CNC2CCOc3c(C(=O)NCC4CCNCC4)cccc32)cc1. The van der Waals surface area contributed by atoms with Crippen molar-refractivity contribution in [3.63, 3.8) is 0 Å².